The molecule has 3 aliphatic heterocycles. The zero-order valence-corrected chi connectivity index (χ0v) is 25.2. The van der Waals surface area contributed by atoms with Gasteiger partial charge in [-0.05, 0) is 74.6 Å². The standard InChI is InChI=1S/C36H52N4/c1-27-19-21-37-23-30-12-4-6-14-32(30)26-40(36-18-10-8-16-34(36)37)28(2)20-22-38-24-29-11-3-5-13-31(29)25-39(27)35-17-9-7-15-33(35)38/h3-6,11-14,27-28,33-36H,7-10,15-26H2,1-2H3. The van der Waals surface area contributed by atoms with Crippen LogP contribution < -0.4 is 0 Å². The fraction of sp³-hybridized carbons (Fsp3) is 0.667. The zero-order valence-electron chi connectivity index (χ0n) is 25.2. The molecule has 10 atom stereocenters. The average molecular weight is 541 g/mol. The number of hydrogen-bond acceptors (Lipinski definition) is 4. The molecule has 3 heterocycles. The zero-order chi connectivity index (χ0) is 27.1. The molecule has 0 amide bonds. The van der Waals surface area contributed by atoms with Gasteiger partial charge in [0.25, 0.3) is 0 Å². The number of nitrogens with zero attached hydrogens (tertiary/aromatic N) is 4. The molecule has 2 saturated carbocycles. The Bertz CT molecular complexity index is 1060. The fourth-order valence-corrected chi connectivity index (χ4v) is 9.33. The normalized spacial score (nSPS) is 40.1. The first-order chi connectivity index (χ1) is 19.7. The van der Waals surface area contributed by atoms with Crippen molar-refractivity contribution >= 4 is 0 Å². The molecular weight excluding hydrogens is 488 g/mol. The molecule has 0 radical (unpaired) electrons. The molecule has 10 unspecified atom stereocenters. The van der Waals surface area contributed by atoms with Crippen molar-refractivity contribution < 1.29 is 0 Å². The summed E-state index contributed by atoms with van der Waals surface area (Å²) in [6.07, 6.45) is 13.6. The number of fused-ring (bicyclic) bond motifs is 2. The summed E-state index contributed by atoms with van der Waals surface area (Å²) in [5.41, 5.74) is 6.29. The SMILES string of the molecule is CC1CCN2Cc3ccccc3CN(C(C)CCN3Cc4ccccc4CN1C1CCCCC13)C1CCCCC12. The van der Waals surface area contributed by atoms with Crippen LogP contribution >= 0.6 is 0 Å². The quantitative estimate of drug-likeness (QED) is 0.364. The molecule has 0 spiro atoms. The van der Waals surface area contributed by atoms with Gasteiger partial charge in [0, 0.05) is 75.5 Å². The van der Waals surface area contributed by atoms with Gasteiger partial charge in [-0.2, -0.15) is 0 Å². The van der Waals surface area contributed by atoms with Crippen molar-refractivity contribution in [2.24, 2.45) is 0 Å². The number of hydrogen-bond donors (Lipinski definition) is 0. The van der Waals surface area contributed by atoms with Crippen LogP contribution in [0.2, 0.25) is 0 Å². The lowest BCUT2D eigenvalue weighted by atomic mass is 9.83. The Morgan fingerprint density at radius 3 is 1.20 bits per heavy atom. The van der Waals surface area contributed by atoms with Crippen LogP contribution in [-0.4, -0.2) is 68.9 Å². The van der Waals surface area contributed by atoms with Crippen LogP contribution in [0.5, 0.6) is 0 Å². The van der Waals surface area contributed by atoms with Gasteiger partial charge in [0.05, 0.1) is 0 Å². The van der Waals surface area contributed by atoms with E-state index in [2.05, 4.69) is 82.0 Å². The van der Waals surface area contributed by atoms with Crippen LogP contribution in [0.25, 0.3) is 0 Å². The van der Waals surface area contributed by atoms with E-state index in [-0.39, 0.29) is 0 Å². The second-order valence-electron chi connectivity index (χ2n) is 13.9. The maximum absolute atomic E-state index is 2.98. The Balaban J connectivity index is 1.30. The third kappa shape index (κ3) is 5.30. The van der Waals surface area contributed by atoms with Gasteiger partial charge in [-0.3, -0.25) is 19.6 Å². The van der Waals surface area contributed by atoms with Crippen molar-refractivity contribution in [3.05, 3.63) is 70.8 Å². The molecule has 4 bridgehead atoms. The molecule has 2 aromatic rings. The molecule has 4 nitrogen and oxygen atoms in total. The molecule has 5 aliphatic rings. The summed E-state index contributed by atoms with van der Waals surface area (Å²) < 4.78 is 0. The molecule has 1 saturated heterocycles. The minimum absolute atomic E-state index is 0.597. The highest BCUT2D eigenvalue weighted by molar-refractivity contribution is 5.29. The third-order valence-electron chi connectivity index (χ3n) is 11.7. The monoisotopic (exact) mass is 540 g/mol. The summed E-state index contributed by atoms with van der Waals surface area (Å²) in [6, 6.07) is 22.8. The van der Waals surface area contributed by atoms with Crippen LogP contribution in [0.15, 0.2) is 48.5 Å². The van der Waals surface area contributed by atoms with Crippen molar-refractivity contribution in [1.82, 2.24) is 19.6 Å². The Labute approximate surface area is 243 Å². The smallest absolute Gasteiger partial charge is 0.0258 e. The summed E-state index contributed by atoms with van der Waals surface area (Å²) in [6.45, 7) is 12.1. The minimum atomic E-state index is 0.597. The first-order valence-corrected chi connectivity index (χ1v) is 16.8. The summed E-state index contributed by atoms with van der Waals surface area (Å²) in [4.78, 5) is 11.9. The predicted molar refractivity (Wildman–Crippen MR) is 165 cm³/mol. The number of rotatable bonds is 0. The maximum atomic E-state index is 2.98. The number of benzene rings is 2. The second-order valence-corrected chi connectivity index (χ2v) is 13.9. The topological polar surface area (TPSA) is 13.0 Å². The molecule has 216 valence electrons. The second kappa shape index (κ2) is 11.9. The first-order valence-electron chi connectivity index (χ1n) is 16.8. The average Bonchev–Trinajstić information content (AvgIpc) is 2.97. The van der Waals surface area contributed by atoms with E-state index in [9.17, 15) is 0 Å². The summed E-state index contributed by atoms with van der Waals surface area (Å²) in [5, 5.41) is 0. The molecule has 0 aromatic heterocycles. The van der Waals surface area contributed by atoms with Crippen molar-refractivity contribution in [3.8, 4) is 0 Å². The Morgan fingerprint density at radius 1 is 0.450 bits per heavy atom. The summed E-state index contributed by atoms with van der Waals surface area (Å²) in [5.74, 6) is 0. The van der Waals surface area contributed by atoms with Crippen LogP contribution in [0.4, 0.5) is 0 Å². The highest BCUT2D eigenvalue weighted by Gasteiger charge is 2.41. The van der Waals surface area contributed by atoms with Crippen LogP contribution in [0.3, 0.4) is 0 Å². The van der Waals surface area contributed by atoms with Gasteiger partial charge in [0.2, 0.25) is 0 Å². The van der Waals surface area contributed by atoms with Crippen molar-refractivity contribution in [2.45, 2.75) is 140 Å². The van der Waals surface area contributed by atoms with Gasteiger partial charge >= 0.3 is 0 Å². The van der Waals surface area contributed by atoms with Crippen molar-refractivity contribution in [1.29, 1.82) is 0 Å². The molecule has 3 fully saturated rings. The fourth-order valence-electron chi connectivity index (χ4n) is 9.33. The van der Waals surface area contributed by atoms with E-state index in [1.54, 1.807) is 22.3 Å². The highest BCUT2D eigenvalue weighted by atomic mass is 15.3. The lowest BCUT2D eigenvalue weighted by molar-refractivity contribution is -0.0229. The van der Waals surface area contributed by atoms with E-state index in [1.165, 1.54) is 77.3 Å². The summed E-state index contributed by atoms with van der Waals surface area (Å²) in [7, 11) is 0. The molecule has 40 heavy (non-hydrogen) atoms. The van der Waals surface area contributed by atoms with Crippen LogP contribution in [0, 0.1) is 0 Å². The van der Waals surface area contributed by atoms with E-state index in [1.807, 2.05) is 0 Å². The molecule has 7 rings (SSSR count). The van der Waals surface area contributed by atoms with E-state index < -0.39 is 0 Å². The largest absolute Gasteiger partial charge is 0.295 e. The lowest BCUT2D eigenvalue weighted by Gasteiger charge is -2.52. The molecule has 4 heteroatoms. The van der Waals surface area contributed by atoms with E-state index in [0.29, 0.717) is 36.3 Å². The molecular formula is C36H52N4. The summed E-state index contributed by atoms with van der Waals surface area (Å²) >= 11 is 0. The van der Waals surface area contributed by atoms with Crippen LogP contribution in [-0.2, 0) is 26.2 Å². The van der Waals surface area contributed by atoms with Gasteiger partial charge in [-0.25, -0.2) is 0 Å². The van der Waals surface area contributed by atoms with Gasteiger partial charge < -0.3 is 0 Å². The molecule has 2 aromatic carbocycles. The van der Waals surface area contributed by atoms with E-state index in [4.69, 9.17) is 0 Å². The van der Waals surface area contributed by atoms with Gasteiger partial charge in [0.15, 0.2) is 0 Å². The van der Waals surface area contributed by atoms with E-state index in [0.717, 1.165) is 26.2 Å². The maximum Gasteiger partial charge on any atom is 0.0258 e. The third-order valence-corrected chi connectivity index (χ3v) is 11.7. The van der Waals surface area contributed by atoms with E-state index >= 15 is 0 Å². The molecule has 0 N–H and O–H groups in total. The van der Waals surface area contributed by atoms with Crippen LogP contribution in [0.1, 0.15) is 100 Å². The molecule has 2 aliphatic carbocycles. The Morgan fingerprint density at radius 2 is 0.800 bits per heavy atom. The van der Waals surface area contributed by atoms with Gasteiger partial charge in [-0.1, -0.05) is 74.2 Å². The Kier molecular flexibility index (Phi) is 8.06. The first kappa shape index (κ1) is 27.1. The minimum Gasteiger partial charge on any atom is -0.295 e. The Hall–Kier alpha value is -1.72. The van der Waals surface area contributed by atoms with Gasteiger partial charge in [0.1, 0.15) is 0 Å². The van der Waals surface area contributed by atoms with Gasteiger partial charge in [-0.15, -0.1) is 0 Å². The predicted octanol–water partition coefficient (Wildman–Crippen LogP) is 6.82. The van der Waals surface area contributed by atoms with Crippen molar-refractivity contribution in [2.75, 3.05) is 13.1 Å². The lowest BCUT2D eigenvalue weighted by Crippen LogP contribution is -2.60. The van der Waals surface area contributed by atoms with Crippen molar-refractivity contribution in [3.63, 3.8) is 0 Å². The highest BCUT2D eigenvalue weighted by Crippen LogP contribution is 2.38.